The third kappa shape index (κ3) is 1.66. The van der Waals surface area contributed by atoms with Crippen LogP contribution in [0.1, 0.15) is 26.0 Å². The van der Waals surface area contributed by atoms with Crippen molar-refractivity contribution in [3.05, 3.63) is 5.69 Å². The second-order valence-corrected chi connectivity index (χ2v) is 3.98. The number of aromatic nitrogens is 2. The fourth-order valence-electron chi connectivity index (χ4n) is 2.11. The molecule has 0 bridgehead atoms. The number of anilines is 2. The first-order chi connectivity index (χ1) is 7.67. The fourth-order valence-corrected chi connectivity index (χ4v) is 2.11. The molecule has 1 amide bonds. The molecule has 1 N–H and O–H groups in total. The number of carbonyl (C=O) groups excluding carboxylic acids is 1. The summed E-state index contributed by atoms with van der Waals surface area (Å²) in [5.41, 5.74) is 1.77. The van der Waals surface area contributed by atoms with Crippen molar-refractivity contribution < 1.29 is 4.79 Å². The molecule has 16 heavy (non-hydrogen) atoms. The maximum absolute atomic E-state index is 11.6. The van der Waals surface area contributed by atoms with E-state index in [-0.39, 0.29) is 5.91 Å². The first kappa shape index (κ1) is 11.0. The molecule has 0 aromatic carbocycles. The summed E-state index contributed by atoms with van der Waals surface area (Å²) in [6, 6.07) is 0. The van der Waals surface area contributed by atoms with Crippen LogP contribution in [-0.2, 0) is 11.3 Å². The van der Waals surface area contributed by atoms with Crippen LogP contribution in [-0.4, -0.2) is 28.8 Å². The van der Waals surface area contributed by atoms with Crippen LogP contribution in [0.15, 0.2) is 0 Å². The summed E-state index contributed by atoms with van der Waals surface area (Å²) in [5.74, 6) is 1.13. The number of hydrogen-bond donors (Lipinski definition) is 1. The van der Waals surface area contributed by atoms with Crippen molar-refractivity contribution in [2.24, 2.45) is 0 Å². The van der Waals surface area contributed by atoms with Crippen LogP contribution in [0.2, 0.25) is 0 Å². The number of amides is 1. The normalized spacial score (nSPS) is 15.7. The molecule has 0 fully saturated rings. The van der Waals surface area contributed by atoms with E-state index in [9.17, 15) is 4.79 Å². The van der Waals surface area contributed by atoms with Gasteiger partial charge in [-0.25, -0.2) is 4.68 Å². The molecular weight excluding hydrogens is 204 g/mol. The molecule has 1 aliphatic rings. The Morgan fingerprint density at radius 3 is 2.75 bits per heavy atom. The summed E-state index contributed by atoms with van der Waals surface area (Å²) >= 11 is 0. The molecule has 1 aromatic heterocycles. The highest BCUT2D eigenvalue weighted by Crippen LogP contribution is 2.31. The topological polar surface area (TPSA) is 50.2 Å². The molecule has 5 heteroatoms. The monoisotopic (exact) mass is 222 g/mol. The number of hydrogen-bond acceptors (Lipinski definition) is 3. The highest BCUT2D eigenvalue weighted by molar-refractivity contribution is 5.96. The quantitative estimate of drug-likeness (QED) is 0.822. The highest BCUT2D eigenvalue weighted by atomic mass is 16.1. The summed E-state index contributed by atoms with van der Waals surface area (Å²) in [5, 5.41) is 7.39. The lowest BCUT2D eigenvalue weighted by atomic mass is 10.3. The van der Waals surface area contributed by atoms with Gasteiger partial charge < -0.3 is 10.2 Å². The number of nitrogens with one attached hydrogen (secondary N) is 1. The van der Waals surface area contributed by atoms with Gasteiger partial charge in [-0.3, -0.25) is 4.79 Å². The molecule has 5 nitrogen and oxygen atoms in total. The maximum atomic E-state index is 11.6. The minimum atomic E-state index is 0.0796. The van der Waals surface area contributed by atoms with E-state index in [0.29, 0.717) is 6.42 Å². The van der Waals surface area contributed by atoms with Crippen molar-refractivity contribution in [1.82, 2.24) is 9.78 Å². The number of aryl methyl sites for hydroxylation is 2. The van der Waals surface area contributed by atoms with Crippen LogP contribution < -0.4 is 10.2 Å². The molecule has 0 spiro atoms. The van der Waals surface area contributed by atoms with Crippen molar-refractivity contribution in [3.8, 4) is 0 Å². The Balaban J connectivity index is 2.52. The fraction of sp³-hybridized carbons (Fsp3) is 0.636. The maximum Gasteiger partial charge on any atom is 0.226 e. The molecule has 2 heterocycles. The van der Waals surface area contributed by atoms with Gasteiger partial charge in [-0.05, 0) is 20.8 Å². The van der Waals surface area contributed by atoms with Crippen LogP contribution in [0.25, 0.3) is 0 Å². The zero-order chi connectivity index (χ0) is 11.7. The van der Waals surface area contributed by atoms with Gasteiger partial charge in [0.1, 0.15) is 5.69 Å². The van der Waals surface area contributed by atoms with Gasteiger partial charge in [0.25, 0.3) is 0 Å². The van der Waals surface area contributed by atoms with E-state index in [1.165, 1.54) is 0 Å². The summed E-state index contributed by atoms with van der Waals surface area (Å²) in [6.45, 7) is 8.58. The molecular formula is C11H18N4O. The zero-order valence-corrected chi connectivity index (χ0v) is 10.1. The van der Waals surface area contributed by atoms with Gasteiger partial charge in [0.2, 0.25) is 5.91 Å². The molecule has 0 aliphatic carbocycles. The summed E-state index contributed by atoms with van der Waals surface area (Å²) in [4.78, 5) is 13.8. The molecule has 0 atom stereocenters. The number of nitrogens with zero attached hydrogens (tertiary/aromatic N) is 3. The first-order valence-electron chi connectivity index (χ1n) is 5.79. The number of fused-ring (bicyclic) bond motifs is 1. The zero-order valence-electron chi connectivity index (χ0n) is 10.1. The van der Waals surface area contributed by atoms with E-state index in [2.05, 4.69) is 29.2 Å². The molecule has 1 aromatic rings. The van der Waals surface area contributed by atoms with E-state index in [4.69, 9.17) is 0 Å². The van der Waals surface area contributed by atoms with Crippen LogP contribution in [0.5, 0.6) is 0 Å². The minimum Gasteiger partial charge on any atom is -0.355 e. The second kappa shape index (κ2) is 4.15. The Morgan fingerprint density at radius 1 is 1.38 bits per heavy atom. The van der Waals surface area contributed by atoms with Crippen molar-refractivity contribution in [2.45, 2.75) is 33.7 Å². The molecule has 88 valence electrons. The number of carbonyl (C=O) groups is 1. The molecule has 0 saturated carbocycles. The lowest BCUT2D eigenvalue weighted by Gasteiger charge is -2.21. The van der Waals surface area contributed by atoms with Crippen LogP contribution in [0, 0.1) is 6.92 Å². The molecule has 0 saturated heterocycles. The van der Waals surface area contributed by atoms with Crippen molar-refractivity contribution in [2.75, 3.05) is 23.3 Å². The summed E-state index contributed by atoms with van der Waals surface area (Å²) in [7, 11) is 0. The van der Waals surface area contributed by atoms with Gasteiger partial charge in [0.05, 0.1) is 5.69 Å². The highest BCUT2D eigenvalue weighted by Gasteiger charge is 2.24. The van der Waals surface area contributed by atoms with E-state index >= 15 is 0 Å². The van der Waals surface area contributed by atoms with Crippen LogP contribution in [0.3, 0.4) is 0 Å². The Kier molecular flexibility index (Phi) is 2.85. The third-order valence-electron chi connectivity index (χ3n) is 2.95. The lowest BCUT2D eigenvalue weighted by Crippen LogP contribution is -2.26. The van der Waals surface area contributed by atoms with E-state index < -0.39 is 0 Å². The Morgan fingerprint density at radius 2 is 2.12 bits per heavy atom. The molecule has 2 rings (SSSR count). The summed E-state index contributed by atoms with van der Waals surface area (Å²) in [6.07, 6.45) is 0.547. The predicted molar refractivity (Wildman–Crippen MR) is 63.8 cm³/mol. The summed E-state index contributed by atoms with van der Waals surface area (Å²) < 4.78 is 1.96. The smallest absolute Gasteiger partial charge is 0.226 e. The van der Waals surface area contributed by atoms with Crippen LogP contribution in [0.4, 0.5) is 11.5 Å². The van der Waals surface area contributed by atoms with Crippen LogP contribution >= 0.6 is 0 Å². The molecule has 0 unspecified atom stereocenters. The van der Waals surface area contributed by atoms with E-state index in [1.54, 1.807) is 0 Å². The lowest BCUT2D eigenvalue weighted by molar-refractivity contribution is -0.115. The second-order valence-electron chi connectivity index (χ2n) is 3.98. The standard InChI is InChI=1S/C11H18N4O/c1-4-14-7-6-9(16)12-10-8(3)13-15(5-2)11(10)14/h4-7H2,1-3H3,(H,12,16). The number of rotatable bonds is 2. The SMILES string of the molecule is CCN1CCC(=O)Nc2c(C)nn(CC)c21. The van der Waals surface area contributed by atoms with Crippen molar-refractivity contribution >= 4 is 17.4 Å². The van der Waals surface area contributed by atoms with Gasteiger partial charge in [0.15, 0.2) is 5.82 Å². The van der Waals surface area contributed by atoms with Gasteiger partial charge in [-0.2, -0.15) is 5.10 Å². The van der Waals surface area contributed by atoms with Gasteiger partial charge in [-0.15, -0.1) is 0 Å². The van der Waals surface area contributed by atoms with E-state index in [1.807, 2.05) is 11.6 Å². The van der Waals surface area contributed by atoms with Crippen molar-refractivity contribution in [1.29, 1.82) is 0 Å². The van der Waals surface area contributed by atoms with E-state index in [0.717, 1.165) is 36.8 Å². The largest absolute Gasteiger partial charge is 0.355 e. The van der Waals surface area contributed by atoms with Crippen molar-refractivity contribution in [3.63, 3.8) is 0 Å². The average molecular weight is 222 g/mol. The molecule has 0 radical (unpaired) electrons. The predicted octanol–water partition coefficient (Wildman–Crippen LogP) is 1.38. The van der Waals surface area contributed by atoms with Gasteiger partial charge in [-0.1, -0.05) is 0 Å². The average Bonchev–Trinajstić information content (AvgIpc) is 2.47. The Hall–Kier alpha value is -1.52. The minimum absolute atomic E-state index is 0.0796. The third-order valence-corrected chi connectivity index (χ3v) is 2.95. The Labute approximate surface area is 95.4 Å². The molecule has 1 aliphatic heterocycles. The first-order valence-corrected chi connectivity index (χ1v) is 5.79. The van der Waals surface area contributed by atoms with Gasteiger partial charge >= 0.3 is 0 Å². The van der Waals surface area contributed by atoms with Gasteiger partial charge in [0, 0.05) is 26.1 Å². The Bertz CT molecular complexity index is 410.